The number of carbonyl (C=O) groups is 3. The first-order chi connectivity index (χ1) is 15.2. The number of carbonyl (C=O) groups excluding carboxylic acids is 3. The Morgan fingerprint density at radius 1 is 1.31 bits per heavy atom. The van der Waals surface area contributed by atoms with Crippen LogP contribution >= 0.6 is 0 Å². The van der Waals surface area contributed by atoms with E-state index >= 15 is 0 Å². The van der Waals surface area contributed by atoms with Crippen molar-refractivity contribution in [3.63, 3.8) is 0 Å². The van der Waals surface area contributed by atoms with Crippen molar-refractivity contribution in [3.8, 4) is 0 Å². The lowest BCUT2D eigenvalue weighted by atomic mass is 9.75. The van der Waals surface area contributed by atoms with Gasteiger partial charge in [-0.2, -0.15) is 0 Å². The van der Waals surface area contributed by atoms with Gasteiger partial charge >= 0.3 is 11.9 Å². The van der Waals surface area contributed by atoms with Crippen molar-refractivity contribution >= 4 is 29.2 Å². The highest BCUT2D eigenvalue weighted by atomic mass is 16.6. The molecule has 1 aromatic carbocycles. The number of hydrogen-bond acceptors (Lipinski definition) is 8. The second-order valence-electron chi connectivity index (χ2n) is 7.70. The third kappa shape index (κ3) is 4.68. The van der Waals surface area contributed by atoms with Crippen LogP contribution in [-0.2, 0) is 23.9 Å². The first-order valence-corrected chi connectivity index (χ1v) is 10.3. The second kappa shape index (κ2) is 9.71. The van der Waals surface area contributed by atoms with E-state index in [1.54, 1.807) is 24.8 Å². The number of rotatable bonds is 7. The van der Waals surface area contributed by atoms with Crippen LogP contribution in [0.1, 0.15) is 38.2 Å². The molecule has 0 aliphatic carbocycles. The molecule has 1 aromatic rings. The maximum Gasteiger partial charge on any atom is 0.336 e. The summed E-state index contributed by atoms with van der Waals surface area (Å²) in [5.41, 5.74) is 1.18. The van der Waals surface area contributed by atoms with Crippen LogP contribution in [0, 0.1) is 16.0 Å². The quantitative estimate of drug-likeness (QED) is 0.359. The van der Waals surface area contributed by atoms with E-state index in [2.05, 4.69) is 4.99 Å². The smallest absolute Gasteiger partial charge is 0.336 e. The Hall–Kier alpha value is -3.56. The lowest BCUT2D eigenvalue weighted by Gasteiger charge is -2.31. The van der Waals surface area contributed by atoms with Crippen molar-refractivity contribution in [2.24, 2.45) is 10.9 Å². The minimum atomic E-state index is -0.937. The van der Waals surface area contributed by atoms with Crippen LogP contribution < -0.4 is 0 Å². The van der Waals surface area contributed by atoms with E-state index in [0.29, 0.717) is 29.9 Å². The zero-order chi connectivity index (χ0) is 23.4. The Kier molecular flexibility index (Phi) is 7.01. The van der Waals surface area contributed by atoms with E-state index in [9.17, 15) is 24.5 Å². The molecule has 2 aliphatic rings. The predicted molar refractivity (Wildman–Crippen MR) is 114 cm³/mol. The van der Waals surface area contributed by atoms with Crippen molar-refractivity contribution in [2.75, 3.05) is 26.8 Å². The van der Waals surface area contributed by atoms with Crippen molar-refractivity contribution in [1.82, 2.24) is 4.90 Å². The number of nitro groups is 1. The Labute approximate surface area is 185 Å². The highest BCUT2D eigenvalue weighted by Gasteiger charge is 2.42. The topological polar surface area (TPSA) is 128 Å². The van der Waals surface area contributed by atoms with Crippen molar-refractivity contribution in [2.45, 2.75) is 32.6 Å². The molecule has 32 heavy (non-hydrogen) atoms. The van der Waals surface area contributed by atoms with Gasteiger partial charge in [0, 0.05) is 42.4 Å². The lowest BCUT2D eigenvalue weighted by Crippen LogP contribution is -2.36. The number of aliphatic imine (C=N–C) groups is 1. The number of non-ortho nitro benzene ring substituents is 1. The molecule has 0 aromatic heterocycles. The number of nitrogens with zero attached hydrogens (tertiary/aromatic N) is 3. The molecule has 1 fully saturated rings. The van der Waals surface area contributed by atoms with Gasteiger partial charge in [0.2, 0.25) is 5.91 Å². The molecular formula is C22H25N3O7. The minimum absolute atomic E-state index is 0.00536. The fourth-order valence-corrected chi connectivity index (χ4v) is 4.19. The van der Waals surface area contributed by atoms with Crippen LogP contribution in [0.25, 0.3) is 0 Å². The van der Waals surface area contributed by atoms with E-state index in [4.69, 9.17) is 9.47 Å². The van der Waals surface area contributed by atoms with Gasteiger partial charge in [-0.25, -0.2) is 4.79 Å². The molecular weight excluding hydrogens is 418 g/mol. The van der Waals surface area contributed by atoms with E-state index < -0.39 is 28.7 Å². The Balaban J connectivity index is 1.94. The lowest BCUT2D eigenvalue weighted by molar-refractivity contribution is -0.384. The molecule has 0 bridgehead atoms. The number of amides is 1. The number of ether oxygens (including phenoxy) is 2. The summed E-state index contributed by atoms with van der Waals surface area (Å²) in [6.45, 7) is 4.18. The summed E-state index contributed by atoms with van der Waals surface area (Å²) in [4.78, 5) is 54.2. The van der Waals surface area contributed by atoms with Gasteiger partial charge in [-0.05, 0) is 25.8 Å². The van der Waals surface area contributed by atoms with E-state index in [-0.39, 0.29) is 30.3 Å². The molecule has 3 rings (SSSR count). The highest BCUT2D eigenvalue weighted by Crippen LogP contribution is 2.40. The van der Waals surface area contributed by atoms with Crippen molar-refractivity contribution in [1.29, 1.82) is 0 Å². The van der Waals surface area contributed by atoms with Gasteiger partial charge in [0.05, 0.1) is 24.2 Å². The SMILES string of the molecule is COC(=O)C1C(C)=NC(C)=C(C(=O)OCCN2CCCC2=O)C1c1cccc([N+](=O)[O-])c1. The van der Waals surface area contributed by atoms with Crippen LogP contribution in [-0.4, -0.2) is 60.2 Å². The standard InChI is InChI=1S/C22H25N3O7/c1-13-18(21(27)31-3)20(15-6-4-7-16(12-15)25(29)30)19(14(2)23-13)22(28)32-11-10-24-9-5-8-17(24)26/h4,6-7,12,18,20H,5,8-11H2,1-3H3. The number of methoxy groups -OCH3 is 1. The van der Waals surface area contributed by atoms with Crippen LogP contribution in [0.2, 0.25) is 0 Å². The van der Waals surface area contributed by atoms with Gasteiger partial charge in [0.25, 0.3) is 5.69 Å². The summed E-state index contributed by atoms with van der Waals surface area (Å²) >= 11 is 0. The summed E-state index contributed by atoms with van der Waals surface area (Å²) in [5.74, 6) is -3.07. The fraction of sp³-hybridized carbons (Fsp3) is 0.455. The number of benzene rings is 1. The summed E-state index contributed by atoms with van der Waals surface area (Å²) in [6.07, 6.45) is 1.27. The first kappa shape index (κ1) is 23.1. The summed E-state index contributed by atoms with van der Waals surface area (Å²) in [6, 6.07) is 5.79. The normalized spacial score (nSPS) is 20.8. The third-order valence-electron chi connectivity index (χ3n) is 5.71. The number of hydrogen-bond donors (Lipinski definition) is 0. The molecule has 0 radical (unpaired) electrons. The zero-order valence-corrected chi connectivity index (χ0v) is 18.2. The largest absolute Gasteiger partial charge is 0.468 e. The van der Waals surface area contributed by atoms with Crippen LogP contribution in [0.15, 0.2) is 40.5 Å². The molecule has 0 spiro atoms. The maximum atomic E-state index is 13.1. The van der Waals surface area contributed by atoms with Gasteiger partial charge in [-0.15, -0.1) is 0 Å². The molecule has 170 valence electrons. The Morgan fingerprint density at radius 3 is 2.69 bits per heavy atom. The van der Waals surface area contributed by atoms with Gasteiger partial charge in [0.1, 0.15) is 12.5 Å². The molecule has 1 amide bonds. The second-order valence-corrected chi connectivity index (χ2v) is 7.70. The highest BCUT2D eigenvalue weighted by molar-refractivity contribution is 6.07. The monoisotopic (exact) mass is 443 g/mol. The zero-order valence-electron chi connectivity index (χ0n) is 18.2. The maximum absolute atomic E-state index is 13.1. The molecule has 0 saturated carbocycles. The van der Waals surface area contributed by atoms with Gasteiger partial charge in [-0.3, -0.25) is 24.7 Å². The van der Waals surface area contributed by atoms with E-state index in [1.165, 1.54) is 25.3 Å². The summed E-state index contributed by atoms with van der Waals surface area (Å²) in [5, 5.41) is 11.3. The molecule has 0 N–H and O–H groups in total. The van der Waals surface area contributed by atoms with Crippen LogP contribution in [0.4, 0.5) is 5.69 Å². The Morgan fingerprint density at radius 2 is 2.06 bits per heavy atom. The number of nitro benzene ring substituents is 1. The molecule has 2 unspecified atom stereocenters. The average Bonchev–Trinajstić information content (AvgIpc) is 3.17. The van der Waals surface area contributed by atoms with E-state index in [1.807, 2.05) is 0 Å². The van der Waals surface area contributed by atoms with Gasteiger partial charge in [0.15, 0.2) is 0 Å². The molecule has 2 aliphatic heterocycles. The molecule has 10 heteroatoms. The first-order valence-electron chi connectivity index (χ1n) is 10.3. The molecule has 1 saturated heterocycles. The van der Waals surface area contributed by atoms with Crippen molar-refractivity contribution < 1.29 is 28.8 Å². The number of likely N-dealkylation sites (tertiary alicyclic amines) is 1. The summed E-state index contributed by atoms with van der Waals surface area (Å²) in [7, 11) is 1.23. The number of allylic oxidation sites excluding steroid dienone is 1. The summed E-state index contributed by atoms with van der Waals surface area (Å²) < 4.78 is 10.4. The van der Waals surface area contributed by atoms with Crippen molar-refractivity contribution in [3.05, 3.63) is 51.2 Å². The molecule has 2 atom stereocenters. The minimum Gasteiger partial charge on any atom is -0.468 e. The molecule has 10 nitrogen and oxygen atoms in total. The number of esters is 2. The average molecular weight is 443 g/mol. The van der Waals surface area contributed by atoms with Crippen LogP contribution in [0.5, 0.6) is 0 Å². The molecule has 2 heterocycles. The van der Waals surface area contributed by atoms with Crippen LogP contribution in [0.3, 0.4) is 0 Å². The third-order valence-corrected chi connectivity index (χ3v) is 5.71. The fourth-order valence-electron chi connectivity index (χ4n) is 4.19. The van der Waals surface area contributed by atoms with Gasteiger partial charge in [-0.1, -0.05) is 12.1 Å². The predicted octanol–water partition coefficient (Wildman–Crippen LogP) is 2.38. The Bertz CT molecular complexity index is 1010. The van der Waals surface area contributed by atoms with Gasteiger partial charge < -0.3 is 14.4 Å². The van der Waals surface area contributed by atoms with E-state index in [0.717, 1.165) is 6.42 Å².